The predicted octanol–water partition coefficient (Wildman–Crippen LogP) is 0.213. The zero-order valence-electron chi connectivity index (χ0n) is 12.4. The van der Waals surface area contributed by atoms with Crippen LogP contribution in [0, 0.1) is 0 Å². The number of carbonyl (C=O) groups excluding carboxylic acids is 2. The number of hydrogen-bond donors (Lipinski definition) is 2. The number of benzene rings is 1. The molecule has 0 fully saturated rings. The average Bonchev–Trinajstić information content (AvgIpc) is 2.41. The lowest BCUT2D eigenvalue weighted by molar-refractivity contribution is -0.885. The van der Waals surface area contributed by atoms with Gasteiger partial charge in [0.25, 0.3) is 5.91 Å². The van der Waals surface area contributed by atoms with Gasteiger partial charge in [-0.1, -0.05) is 35.3 Å². The van der Waals surface area contributed by atoms with Crippen LogP contribution in [0.15, 0.2) is 18.2 Å². The van der Waals surface area contributed by atoms with E-state index in [0.717, 1.165) is 10.5 Å². The van der Waals surface area contributed by atoms with Crippen LogP contribution >= 0.6 is 23.2 Å². The minimum Gasteiger partial charge on any atom is -0.347 e. The van der Waals surface area contributed by atoms with Crippen LogP contribution in [0.5, 0.6) is 0 Å². The van der Waals surface area contributed by atoms with Crippen molar-refractivity contribution < 1.29 is 14.5 Å². The van der Waals surface area contributed by atoms with Crippen molar-refractivity contribution in [1.29, 1.82) is 0 Å². The van der Waals surface area contributed by atoms with Gasteiger partial charge in [-0.05, 0) is 6.07 Å². The highest BCUT2D eigenvalue weighted by molar-refractivity contribution is 6.42. The minimum absolute atomic E-state index is 0.0109. The van der Waals surface area contributed by atoms with E-state index in [4.69, 9.17) is 23.2 Å². The summed E-state index contributed by atoms with van der Waals surface area (Å²) in [5.41, 5.74) is 0.888. The van der Waals surface area contributed by atoms with Crippen molar-refractivity contribution >= 4 is 35.0 Å². The van der Waals surface area contributed by atoms with Gasteiger partial charge in [-0.25, -0.2) is 0 Å². The van der Waals surface area contributed by atoms with Crippen LogP contribution in [0.4, 0.5) is 0 Å². The zero-order chi connectivity index (χ0) is 16.0. The first kappa shape index (κ1) is 17.8. The summed E-state index contributed by atoms with van der Waals surface area (Å²) in [6.45, 7) is 0.842. The van der Waals surface area contributed by atoms with E-state index in [2.05, 4.69) is 5.32 Å². The van der Waals surface area contributed by atoms with E-state index in [9.17, 15) is 9.59 Å². The largest absolute Gasteiger partial charge is 0.347 e. The molecule has 1 aromatic carbocycles. The summed E-state index contributed by atoms with van der Waals surface area (Å²) in [4.78, 5) is 25.5. The van der Waals surface area contributed by atoms with Gasteiger partial charge < -0.3 is 15.1 Å². The third-order valence-corrected chi connectivity index (χ3v) is 3.78. The number of likely N-dealkylation sites (N-methyl/N-ethyl adjacent to an activating group) is 2. The number of amides is 2. The molecule has 0 aliphatic carbocycles. The van der Waals surface area contributed by atoms with Crippen molar-refractivity contribution in [3.63, 3.8) is 0 Å². The summed E-state index contributed by atoms with van der Waals surface area (Å²) in [6, 6.07) is 5.43. The monoisotopic (exact) mass is 332 g/mol. The Labute approximate surface area is 134 Å². The standard InChI is InChI=1S/C14H19Cl2N3O2/c1-18(2)13(21)7-17-12(20)9-19(3)8-10-5-4-6-11(15)14(10)16/h4-6H,7-9H2,1-3H3,(H,17,20)/p+1. The number of rotatable bonds is 6. The molecule has 0 aromatic heterocycles. The van der Waals surface area contributed by atoms with E-state index in [1.54, 1.807) is 20.2 Å². The molecule has 1 unspecified atom stereocenters. The fraction of sp³-hybridized carbons (Fsp3) is 0.429. The summed E-state index contributed by atoms with van der Waals surface area (Å²) in [7, 11) is 5.17. The smallest absolute Gasteiger partial charge is 0.275 e. The quantitative estimate of drug-likeness (QED) is 0.782. The second-order valence-corrected chi connectivity index (χ2v) is 5.87. The Morgan fingerprint density at radius 3 is 2.57 bits per heavy atom. The molecule has 0 saturated heterocycles. The van der Waals surface area contributed by atoms with Crippen LogP contribution in [-0.2, 0) is 16.1 Å². The molecule has 116 valence electrons. The Hall–Kier alpha value is -1.30. The first-order valence-corrected chi connectivity index (χ1v) is 7.28. The van der Waals surface area contributed by atoms with Crippen LogP contribution in [0.2, 0.25) is 10.0 Å². The fourth-order valence-electron chi connectivity index (χ4n) is 1.74. The average molecular weight is 333 g/mol. The van der Waals surface area contributed by atoms with Gasteiger partial charge in [-0.2, -0.15) is 0 Å². The van der Waals surface area contributed by atoms with E-state index in [0.29, 0.717) is 16.6 Å². The highest BCUT2D eigenvalue weighted by atomic mass is 35.5. The molecule has 2 amide bonds. The molecule has 0 aliphatic heterocycles. The number of carbonyl (C=O) groups is 2. The lowest BCUT2D eigenvalue weighted by Crippen LogP contribution is -3.08. The fourth-order valence-corrected chi connectivity index (χ4v) is 2.13. The van der Waals surface area contributed by atoms with Crippen molar-refractivity contribution in [1.82, 2.24) is 10.2 Å². The first-order valence-electron chi connectivity index (χ1n) is 6.52. The number of nitrogens with one attached hydrogen (secondary N) is 2. The zero-order valence-corrected chi connectivity index (χ0v) is 13.9. The van der Waals surface area contributed by atoms with Crippen LogP contribution in [0.25, 0.3) is 0 Å². The van der Waals surface area contributed by atoms with Crippen LogP contribution in [0.3, 0.4) is 0 Å². The minimum atomic E-state index is -0.180. The number of quaternary nitrogens is 1. The van der Waals surface area contributed by atoms with E-state index in [1.807, 2.05) is 19.2 Å². The van der Waals surface area contributed by atoms with Crippen molar-refractivity contribution in [2.24, 2.45) is 0 Å². The topological polar surface area (TPSA) is 53.9 Å². The molecule has 21 heavy (non-hydrogen) atoms. The number of halogens is 2. The molecule has 1 rings (SSSR count). The van der Waals surface area contributed by atoms with Gasteiger partial charge in [-0.3, -0.25) is 9.59 Å². The van der Waals surface area contributed by atoms with Crippen LogP contribution in [0.1, 0.15) is 5.56 Å². The number of hydrogen-bond acceptors (Lipinski definition) is 2. The highest BCUT2D eigenvalue weighted by Gasteiger charge is 2.14. The first-order chi connectivity index (χ1) is 9.81. The molecule has 7 heteroatoms. The Kier molecular flexibility index (Phi) is 6.95. The van der Waals surface area contributed by atoms with Crippen molar-refractivity contribution in [2.75, 3.05) is 34.2 Å². The second-order valence-electron chi connectivity index (χ2n) is 5.09. The van der Waals surface area contributed by atoms with E-state index < -0.39 is 0 Å². The van der Waals surface area contributed by atoms with Crippen molar-refractivity contribution in [3.8, 4) is 0 Å². The molecule has 0 heterocycles. The molecule has 0 radical (unpaired) electrons. The third kappa shape index (κ3) is 5.91. The van der Waals surface area contributed by atoms with Gasteiger partial charge >= 0.3 is 0 Å². The van der Waals surface area contributed by atoms with E-state index >= 15 is 0 Å². The molecule has 0 spiro atoms. The molecular formula is C14H20Cl2N3O2+. The van der Waals surface area contributed by atoms with Crippen molar-refractivity contribution in [3.05, 3.63) is 33.8 Å². The second kappa shape index (κ2) is 8.22. The van der Waals surface area contributed by atoms with Gasteiger partial charge in [0.15, 0.2) is 6.54 Å². The Morgan fingerprint density at radius 1 is 1.29 bits per heavy atom. The molecule has 1 atom stereocenters. The van der Waals surface area contributed by atoms with E-state index in [1.165, 1.54) is 4.90 Å². The van der Waals surface area contributed by atoms with Gasteiger partial charge in [-0.15, -0.1) is 0 Å². The summed E-state index contributed by atoms with van der Waals surface area (Å²) < 4.78 is 0. The van der Waals surface area contributed by atoms with Gasteiger partial charge in [0.1, 0.15) is 6.54 Å². The highest BCUT2D eigenvalue weighted by Crippen LogP contribution is 2.24. The Balaban J connectivity index is 2.46. The maximum absolute atomic E-state index is 11.8. The maximum Gasteiger partial charge on any atom is 0.275 e. The summed E-state index contributed by atoms with van der Waals surface area (Å²) >= 11 is 12.1. The molecule has 0 bridgehead atoms. The van der Waals surface area contributed by atoms with Crippen molar-refractivity contribution in [2.45, 2.75) is 6.54 Å². The number of nitrogens with zero attached hydrogens (tertiary/aromatic N) is 1. The molecule has 0 aliphatic rings. The van der Waals surface area contributed by atoms with Crippen LogP contribution < -0.4 is 10.2 Å². The Bertz CT molecular complexity index is 521. The SMILES string of the molecule is CN(C)C(=O)CNC(=O)C[NH+](C)Cc1cccc(Cl)c1Cl. The lowest BCUT2D eigenvalue weighted by atomic mass is 10.2. The lowest BCUT2D eigenvalue weighted by Gasteiger charge is -2.15. The normalized spacial score (nSPS) is 11.9. The summed E-state index contributed by atoms with van der Waals surface area (Å²) in [5, 5.41) is 3.61. The van der Waals surface area contributed by atoms with Gasteiger partial charge in [0.2, 0.25) is 5.91 Å². The third-order valence-electron chi connectivity index (χ3n) is 2.92. The molecule has 1 aromatic rings. The predicted molar refractivity (Wildman–Crippen MR) is 83.6 cm³/mol. The van der Waals surface area contributed by atoms with Crippen LogP contribution in [-0.4, -0.2) is 50.9 Å². The summed E-state index contributed by atoms with van der Waals surface area (Å²) in [5.74, 6) is -0.320. The molecular weight excluding hydrogens is 313 g/mol. The summed E-state index contributed by atoms with van der Waals surface area (Å²) in [6.07, 6.45) is 0. The maximum atomic E-state index is 11.8. The van der Waals surface area contributed by atoms with E-state index in [-0.39, 0.29) is 24.9 Å². The van der Waals surface area contributed by atoms with Gasteiger partial charge in [0.05, 0.1) is 23.6 Å². The van der Waals surface area contributed by atoms with Gasteiger partial charge in [0, 0.05) is 19.7 Å². The molecule has 2 N–H and O–H groups in total. The Morgan fingerprint density at radius 2 is 1.95 bits per heavy atom. The molecule has 0 saturated carbocycles. The molecule has 5 nitrogen and oxygen atoms in total.